The van der Waals surface area contributed by atoms with E-state index in [4.69, 9.17) is 23.2 Å². The minimum absolute atomic E-state index is 0.189. The maximum absolute atomic E-state index is 12.5. The third-order valence-corrected chi connectivity index (χ3v) is 3.96. The fourth-order valence-corrected chi connectivity index (χ4v) is 2.44. The van der Waals surface area contributed by atoms with Crippen molar-refractivity contribution in [1.82, 2.24) is 15.5 Å². The number of benzene rings is 1. The Hall–Kier alpha value is -1.30. The molecule has 0 aromatic heterocycles. The fourth-order valence-electron chi connectivity index (χ4n) is 2.14. The first-order valence-electron chi connectivity index (χ1n) is 6.23. The Balaban J connectivity index is 2.25. The van der Waals surface area contributed by atoms with Gasteiger partial charge in [0, 0.05) is 32.2 Å². The van der Waals surface area contributed by atoms with E-state index >= 15 is 0 Å². The monoisotopic (exact) mass is 315 g/mol. The number of rotatable bonds is 2. The van der Waals surface area contributed by atoms with Crippen LogP contribution in [-0.4, -0.2) is 49.4 Å². The van der Waals surface area contributed by atoms with Crippen LogP contribution in [0.4, 0.5) is 0 Å². The number of carbonyl (C=O) groups is 2. The highest BCUT2D eigenvalue weighted by Gasteiger charge is 2.32. The van der Waals surface area contributed by atoms with Gasteiger partial charge in [-0.1, -0.05) is 23.2 Å². The zero-order valence-electron chi connectivity index (χ0n) is 11.0. The van der Waals surface area contributed by atoms with E-state index in [9.17, 15) is 9.59 Å². The molecule has 1 aliphatic rings. The van der Waals surface area contributed by atoms with E-state index < -0.39 is 6.04 Å². The van der Waals surface area contributed by atoms with Crippen LogP contribution in [0.1, 0.15) is 10.4 Å². The molecule has 1 aromatic carbocycles. The molecule has 2 rings (SSSR count). The SMILES string of the molecule is CNC(=O)C1CNCCN1C(=O)c1ccc(Cl)c(Cl)c1. The average molecular weight is 316 g/mol. The largest absolute Gasteiger partial charge is 0.357 e. The third kappa shape index (κ3) is 3.06. The predicted molar refractivity (Wildman–Crippen MR) is 78.2 cm³/mol. The number of likely N-dealkylation sites (N-methyl/N-ethyl adjacent to an activating group) is 1. The van der Waals surface area contributed by atoms with Crippen LogP contribution in [0.5, 0.6) is 0 Å². The van der Waals surface area contributed by atoms with Gasteiger partial charge >= 0.3 is 0 Å². The number of nitrogens with zero attached hydrogens (tertiary/aromatic N) is 1. The molecule has 5 nitrogen and oxygen atoms in total. The van der Waals surface area contributed by atoms with Crippen molar-refractivity contribution in [3.63, 3.8) is 0 Å². The second kappa shape index (κ2) is 6.43. The van der Waals surface area contributed by atoms with Crippen molar-refractivity contribution in [3.05, 3.63) is 33.8 Å². The lowest BCUT2D eigenvalue weighted by Crippen LogP contribution is -2.59. The van der Waals surface area contributed by atoms with Gasteiger partial charge in [-0.2, -0.15) is 0 Å². The second-order valence-electron chi connectivity index (χ2n) is 4.46. The summed E-state index contributed by atoms with van der Waals surface area (Å²) in [6.07, 6.45) is 0. The first-order chi connectivity index (χ1) is 9.54. The zero-order chi connectivity index (χ0) is 14.7. The first kappa shape index (κ1) is 15.1. The quantitative estimate of drug-likeness (QED) is 0.860. The minimum atomic E-state index is -0.518. The molecule has 7 heteroatoms. The van der Waals surface area contributed by atoms with E-state index in [0.29, 0.717) is 35.2 Å². The Morgan fingerprint density at radius 1 is 1.35 bits per heavy atom. The zero-order valence-corrected chi connectivity index (χ0v) is 12.5. The van der Waals surface area contributed by atoms with Crippen LogP contribution >= 0.6 is 23.2 Å². The number of nitrogens with one attached hydrogen (secondary N) is 2. The molecule has 2 amide bonds. The molecule has 1 atom stereocenters. The van der Waals surface area contributed by atoms with E-state index in [1.807, 2.05) is 0 Å². The number of hydrogen-bond acceptors (Lipinski definition) is 3. The smallest absolute Gasteiger partial charge is 0.254 e. The molecule has 1 saturated heterocycles. The van der Waals surface area contributed by atoms with Gasteiger partial charge in [-0.15, -0.1) is 0 Å². The van der Waals surface area contributed by atoms with E-state index in [1.165, 1.54) is 6.07 Å². The molecule has 0 saturated carbocycles. The van der Waals surface area contributed by atoms with Crippen molar-refractivity contribution >= 4 is 35.0 Å². The van der Waals surface area contributed by atoms with Crippen molar-refractivity contribution < 1.29 is 9.59 Å². The lowest BCUT2D eigenvalue weighted by atomic mass is 10.1. The van der Waals surface area contributed by atoms with Crippen LogP contribution in [0, 0.1) is 0 Å². The molecule has 0 bridgehead atoms. The van der Waals surface area contributed by atoms with Crippen molar-refractivity contribution in [1.29, 1.82) is 0 Å². The molecule has 108 valence electrons. The van der Waals surface area contributed by atoms with Gasteiger partial charge in [0.05, 0.1) is 10.0 Å². The Morgan fingerprint density at radius 2 is 2.10 bits per heavy atom. The maximum Gasteiger partial charge on any atom is 0.254 e. The fraction of sp³-hybridized carbons (Fsp3) is 0.385. The molecule has 1 fully saturated rings. The van der Waals surface area contributed by atoms with Crippen LogP contribution in [0.15, 0.2) is 18.2 Å². The molecule has 1 aliphatic heterocycles. The molecule has 1 aromatic rings. The molecule has 1 unspecified atom stereocenters. The summed E-state index contributed by atoms with van der Waals surface area (Å²) in [6, 6.07) is 4.19. The lowest BCUT2D eigenvalue weighted by Gasteiger charge is -2.35. The number of amides is 2. The lowest BCUT2D eigenvalue weighted by molar-refractivity contribution is -0.125. The number of halogens is 2. The van der Waals surface area contributed by atoms with Gasteiger partial charge in [0.15, 0.2) is 0 Å². The summed E-state index contributed by atoms with van der Waals surface area (Å²) in [4.78, 5) is 25.9. The second-order valence-corrected chi connectivity index (χ2v) is 5.28. The van der Waals surface area contributed by atoms with Crippen LogP contribution in [0.3, 0.4) is 0 Å². The van der Waals surface area contributed by atoms with Gasteiger partial charge < -0.3 is 15.5 Å². The van der Waals surface area contributed by atoms with E-state index in [2.05, 4.69) is 10.6 Å². The van der Waals surface area contributed by atoms with Gasteiger partial charge in [0.25, 0.3) is 5.91 Å². The number of hydrogen-bond donors (Lipinski definition) is 2. The van der Waals surface area contributed by atoms with Gasteiger partial charge in [-0.3, -0.25) is 9.59 Å². The Kier molecular flexibility index (Phi) is 4.86. The molecule has 2 N–H and O–H groups in total. The van der Waals surface area contributed by atoms with E-state index in [1.54, 1.807) is 24.1 Å². The highest BCUT2D eigenvalue weighted by atomic mass is 35.5. The Morgan fingerprint density at radius 3 is 2.75 bits per heavy atom. The van der Waals surface area contributed by atoms with Gasteiger partial charge in [-0.05, 0) is 18.2 Å². The van der Waals surface area contributed by atoms with Crippen molar-refractivity contribution in [2.24, 2.45) is 0 Å². The third-order valence-electron chi connectivity index (χ3n) is 3.22. The van der Waals surface area contributed by atoms with Crippen LogP contribution in [0.25, 0.3) is 0 Å². The molecule has 0 radical (unpaired) electrons. The van der Waals surface area contributed by atoms with Crippen LogP contribution < -0.4 is 10.6 Å². The molecular weight excluding hydrogens is 301 g/mol. The highest BCUT2D eigenvalue weighted by molar-refractivity contribution is 6.42. The van der Waals surface area contributed by atoms with Crippen molar-refractivity contribution in [2.75, 3.05) is 26.7 Å². The predicted octanol–water partition coefficient (Wildman–Crippen LogP) is 1.15. The topological polar surface area (TPSA) is 61.4 Å². The van der Waals surface area contributed by atoms with Gasteiger partial charge in [0.2, 0.25) is 5.91 Å². The van der Waals surface area contributed by atoms with Crippen molar-refractivity contribution in [2.45, 2.75) is 6.04 Å². The molecule has 1 heterocycles. The van der Waals surface area contributed by atoms with Crippen LogP contribution in [-0.2, 0) is 4.79 Å². The summed E-state index contributed by atoms with van der Waals surface area (Å²) in [5, 5.41) is 6.39. The van der Waals surface area contributed by atoms with Crippen LogP contribution in [0.2, 0.25) is 10.0 Å². The van der Waals surface area contributed by atoms with E-state index in [0.717, 1.165) is 0 Å². The highest BCUT2D eigenvalue weighted by Crippen LogP contribution is 2.23. The van der Waals surface area contributed by atoms with Gasteiger partial charge in [-0.25, -0.2) is 0 Å². The summed E-state index contributed by atoms with van der Waals surface area (Å²) in [5.41, 5.74) is 0.426. The molecule has 20 heavy (non-hydrogen) atoms. The average Bonchev–Trinajstić information content (AvgIpc) is 2.48. The Labute approximate surface area is 127 Å². The van der Waals surface area contributed by atoms with Crippen molar-refractivity contribution in [3.8, 4) is 0 Å². The van der Waals surface area contributed by atoms with E-state index in [-0.39, 0.29) is 11.8 Å². The first-order valence-corrected chi connectivity index (χ1v) is 6.98. The minimum Gasteiger partial charge on any atom is -0.357 e. The summed E-state index contributed by atoms with van der Waals surface area (Å²) in [5.74, 6) is -0.413. The number of piperazine rings is 1. The molecular formula is C13H15Cl2N3O2. The Bertz CT molecular complexity index is 536. The summed E-state index contributed by atoms with van der Waals surface area (Å²) in [6.45, 7) is 1.56. The normalized spacial score (nSPS) is 18.8. The maximum atomic E-state index is 12.5. The molecule has 0 spiro atoms. The molecule has 0 aliphatic carbocycles. The standard InChI is InChI=1S/C13H15Cl2N3O2/c1-16-12(19)11-7-17-4-5-18(11)13(20)8-2-3-9(14)10(15)6-8/h2-3,6,11,17H,4-5,7H2,1H3,(H,16,19). The number of carbonyl (C=O) groups excluding carboxylic acids is 2. The summed E-state index contributed by atoms with van der Waals surface area (Å²) >= 11 is 11.8. The summed E-state index contributed by atoms with van der Waals surface area (Å²) in [7, 11) is 1.55. The summed E-state index contributed by atoms with van der Waals surface area (Å²) < 4.78 is 0. The van der Waals surface area contributed by atoms with Gasteiger partial charge in [0.1, 0.15) is 6.04 Å².